The third-order valence-corrected chi connectivity index (χ3v) is 3.95. The predicted molar refractivity (Wildman–Crippen MR) is 83.6 cm³/mol. The fourth-order valence-corrected chi connectivity index (χ4v) is 2.79. The monoisotopic (exact) mass is 297 g/mol. The summed E-state index contributed by atoms with van der Waals surface area (Å²) in [5, 5.41) is 0. The number of cyclic esters (lactones) is 1. The number of rotatable bonds is 1. The number of carbonyl (C=O) groups is 2. The topological polar surface area (TPSA) is 46.6 Å². The largest absolute Gasteiger partial charge is 0.462 e. The maximum absolute atomic E-state index is 12.7. The van der Waals surface area contributed by atoms with Gasteiger partial charge in [0.1, 0.15) is 0 Å². The molecule has 1 aromatic rings. The highest BCUT2D eigenvalue weighted by atomic mass is 16.5. The van der Waals surface area contributed by atoms with Gasteiger partial charge in [0.2, 0.25) is 0 Å². The molecule has 0 aromatic heterocycles. The van der Waals surface area contributed by atoms with E-state index in [4.69, 9.17) is 4.74 Å². The van der Waals surface area contributed by atoms with E-state index in [-0.39, 0.29) is 11.9 Å². The van der Waals surface area contributed by atoms with E-state index in [2.05, 4.69) is 0 Å². The molecule has 3 rings (SSSR count). The van der Waals surface area contributed by atoms with Gasteiger partial charge in [0.15, 0.2) is 0 Å². The third-order valence-electron chi connectivity index (χ3n) is 3.95. The van der Waals surface area contributed by atoms with Gasteiger partial charge in [0.05, 0.1) is 12.3 Å². The van der Waals surface area contributed by atoms with Crippen molar-refractivity contribution in [3.63, 3.8) is 0 Å². The molecule has 0 spiro atoms. The first kappa shape index (κ1) is 14.6. The number of carbonyl (C=O) groups excluding carboxylic acids is 2. The highest BCUT2D eigenvalue weighted by molar-refractivity contribution is 6.23. The van der Waals surface area contributed by atoms with Gasteiger partial charge >= 0.3 is 5.97 Å². The second-order valence-electron chi connectivity index (χ2n) is 5.53. The van der Waals surface area contributed by atoms with Crippen LogP contribution in [0.15, 0.2) is 48.2 Å². The van der Waals surface area contributed by atoms with Crippen LogP contribution in [0.25, 0.3) is 5.57 Å². The van der Waals surface area contributed by atoms with E-state index in [1.54, 1.807) is 11.0 Å². The summed E-state index contributed by atoms with van der Waals surface area (Å²) in [7, 11) is 0. The number of esters is 1. The molecular weight excluding hydrogens is 278 g/mol. The zero-order valence-electron chi connectivity index (χ0n) is 12.5. The van der Waals surface area contributed by atoms with Crippen LogP contribution in [0.4, 0.5) is 0 Å². The highest BCUT2D eigenvalue weighted by Gasteiger charge is 2.29. The van der Waals surface area contributed by atoms with Crippen LogP contribution in [-0.2, 0) is 14.3 Å². The summed E-state index contributed by atoms with van der Waals surface area (Å²) in [5.41, 5.74) is 2.15. The lowest BCUT2D eigenvalue weighted by Gasteiger charge is -2.18. The Morgan fingerprint density at radius 3 is 2.50 bits per heavy atom. The smallest absolute Gasteiger partial charge is 0.332 e. The van der Waals surface area contributed by atoms with Crippen LogP contribution >= 0.6 is 0 Å². The molecule has 0 atom stereocenters. The summed E-state index contributed by atoms with van der Waals surface area (Å²) in [5.74, 6) is -0.412. The van der Waals surface area contributed by atoms with Crippen molar-refractivity contribution in [3.05, 3.63) is 53.7 Å². The Bertz CT molecular complexity index is 631. The maximum atomic E-state index is 12.7. The standard InChI is InChI=1S/C18H19NO3/c20-17-13-15-12-16(14-8-4-3-5-9-14)18(21)19(15)10-6-1-2-7-11-22-17/h3-5,8-9,12-13H,1-2,6-7,10-11H2/b15-13-. The lowest BCUT2D eigenvalue weighted by molar-refractivity contribution is -0.137. The van der Waals surface area contributed by atoms with Crippen LogP contribution in [0.3, 0.4) is 0 Å². The zero-order chi connectivity index (χ0) is 15.4. The van der Waals surface area contributed by atoms with Crippen molar-refractivity contribution in [2.75, 3.05) is 13.2 Å². The van der Waals surface area contributed by atoms with Crippen LogP contribution in [0, 0.1) is 0 Å². The Labute approximate surface area is 130 Å². The average molecular weight is 297 g/mol. The summed E-state index contributed by atoms with van der Waals surface area (Å²) in [6, 6.07) is 9.55. The molecule has 0 radical (unpaired) electrons. The Hall–Kier alpha value is -2.36. The summed E-state index contributed by atoms with van der Waals surface area (Å²) in [6.07, 6.45) is 7.09. The normalized spacial score (nSPS) is 22.1. The lowest BCUT2D eigenvalue weighted by atomic mass is 10.1. The van der Waals surface area contributed by atoms with Gasteiger partial charge in [-0.2, -0.15) is 0 Å². The Morgan fingerprint density at radius 2 is 1.68 bits per heavy atom. The molecule has 0 fully saturated rings. The fourth-order valence-electron chi connectivity index (χ4n) is 2.79. The minimum Gasteiger partial charge on any atom is -0.462 e. The Kier molecular flexibility index (Phi) is 4.37. The van der Waals surface area contributed by atoms with Gasteiger partial charge < -0.3 is 9.64 Å². The Morgan fingerprint density at radius 1 is 0.909 bits per heavy atom. The van der Waals surface area contributed by atoms with Crippen LogP contribution in [0.1, 0.15) is 31.2 Å². The van der Waals surface area contributed by atoms with Crippen LogP contribution in [0.5, 0.6) is 0 Å². The van der Waals surface area contributed by atoms with Gasteiger partial charge in [-0.25, -0.2) is 4.79 Å². The van der Waals surface area contributed by atoms with Gasteiger partial charge in [0, 0.05) is 18.2 Å². The van der Waals surface area contributed by atoms with Crippen LogP contribution in [-0.4, -0.2) is 29.9 Å². The Balaban J connectivity index is 1.92. The molecule has 0 unspecified atom stereocenters. The van der Waals surface area contributed by atoms with E-state index >= 15 is 0 Å². The number of hydrogen-bond acceptors (Lipinski definition) is 3. The summed E-state index contributed by atoms with van der Waals surface area (Å²) in [6.45, 7) is 1.09. The average Bonchev–Trinajstić information content (AvgIpc) is 2.81. The molecule has 0 N–H and O–H groups in total. The van der Waals surface area contributed by atoms with Gasteiger partial charge in [-0.1, -0.05) is 36.8 Å². The first-order valence-electron chi connectivity index (χ1n) is 7.73. The first-order chi connectivity index (χ1) is 10.8. The molecule has 0 saturated carbocycles. The van der Waals surface area contributed by atoms with E-state index in [1.165, 1.54) is 6.08 Å². The molecule has 1 amide bonds. The van der Waals surface area contributed by atoms with Gasteiger partial charge in [-0.15, -0.1) is 0 Å². The molecule has 2 aliphatic rings. The van der Waals surface area contributed by atoms with Crippen molar-refractivity contribution >= 4 is 17.4 Å². The molecule has 0 bridgehead atoms. The molecule has 22 heavy (non-hydrogen) atoms. The molecular formula is C18H19NO3. The molecule has 4 heteroatoms. The maximum Gasteiger partial charge on any atom is 0.332 e. The lowest BCUT2D eigenvalue weighted by Crippen LogP contribution is -2.27. The molecule has 0 aliphatic carbocycles. The van der Waals surface area contributed by atoms with Crippen molar-refractivity contribution < 1.29 is 14.3 Å². The van der Waals surface area contributed by atoms with Gasteiger partial charge in [-0.05, 0) is 30.9 Å². The van der Waals surface area contributed by atoms with Gasteiger partial charge in [0.25, 0.3) is 5.91 Å². The van der Waals surface area contributed by atoms with Crippen molar-refractivity contribution in [2.24, 2.45) is 0 Å². The number of benzene rings is 1. The quantitative estimate of drug-likeness (QED) is 0.749. The van der Waals surface area contributed by atoms with E-state index < -0.39 is 0 Å². The van der Waals surface area contributed by atoms with Crippen LogP contribution in [0.2, 0.25) is 0 Å². The van der Waals surface area contributed by atoms with E-state index in [1.807, 2.05) is 30.3 Å². The number of ether oxygens (including phenoxy) is 1. The van der Waals surface area contributed by atoms with Crippen molar-refractivity contribution in [1.82, 2.24) is 4.90 Å². The fraction of sp³-hybridized carbons (Fsp3) is 0.333. The number of hydrogen-bond donors (Lipinski definition) is 0. The first-order valence-corrected chi connectivity index (χ1v) is 7.73. The summed E-state index contributed by atoms with van der Waals surface area (Å²) < 4.78 is 5.18. The SMILES string of the molecule is O=C1/C=C2/C=C(c3ccccc3)C(=O)N2CCCCCCO1. The molecule has 1 aromatic carbocycles. The van der Waals surface area contributed by atoms with Crippen LogP contribution < -0.4 is 0 Å². The highest BCUT2D eigenvalue weighted by Crippen LogP contribution is 2.29. The molecule has 0 saturated heterocycles. The second-order valence-corrected chi connectivity index (χ2v) is 5.53. The van der Waals surface area contributed by atoms with E-state index in [0.29, 0.717) is 24.4 Å². The minimum absolute atomic E-state index is 0.0375. The van der Waals surface area contributed by atoms with E-state index in [9.17, 15) is 9.59 Å². The molecule has 2 aliphatic heterocycles. The van der Waals surface area contributed by atoms with Crippen molar-refractivity contribution in [3.8, 4) is 0 Å². The molecule has 114 valence electrons. The molecule has 2 heterocycles. The minimum atomic E-state index is -0.375. The number of nitrogens with zero attached hydrogens (tertiary/aromatic N) is 1. The summed E-state index contributed by atoms with van der Waals surface area (Å²) in [4.78, 5) is 26.2. The number of amides is 1. The van der Waals surface area contributed by atoms with E-state index in [0.717, 1.165) is 31.2 Å². The summed E-state index contributed by atoms with van der Waals surface area (Å²) >= 11 is 0. The van der Waals surface area contributed by atoms with Crippen molar-refractivity contribution in [2.45, 2.75) is 25.7 Å². The predicted octanol–water partition coefficient (Wildman–Crippen LogP) is 2.91. The van der Waals surface area contributed by atoms with Crippen molar-refractivity contribution in [1.29, 1.82) is 0 Å². The van der Waals surface area contributed by atoms with Gasteiger partial charge in [-0.3, -0.25) is 4.79 Å². The second kappa shape index (κ2) is 6.60. The number of allylic oxidation sites excluding steroid dienone is 1. The number of fused-ring (bicyclic) bond motifs is 1. The molecule has 4 nitrogen and oxygen atoms in total. The third kappa shape index (κ3) is 3.11. The zero-order valence-corrected chi connectivity index (χ0v) is 12.5.